The first-order valence-corrected chi connectivity index (χ1v) is 7.28. The molecule has 20 heavy (non-hydrogen) atoms. The number of aromatic nitrogens is 1. The van der Waals surface area contributed by atoms with Crippen molar-refractivity contribution >= 4 is 38.8 Å². The lowest BCUT2D eigenvalue weighted by Crippen LogP contribution is -2.01. The Kier molecular flexibility index (Phi) is 3.55. The summed E-state index contributed by atoms with van der Waals surface area (Å²) in [5.41, 5.74) is 5.23. The Morgan fingerprint density at radius 2 is 2.20 bits per heavy atom. The number of thiazole rings is 1. The molecule has 3 aromatic rings. The van der Waals surface area contributed by atoms with E-state index in [9.17, 15) is 0 Å². The van der Waals surface area contributed by atoms with Crippen LogP contribution < -0.4 is 5.32 Å². The van der Waals surface area contributed by atoms with Gasteiger partial charge in [0.15, 0.2) is 0 Å². The Morgan fingerprint density at radius 1 is 1.30 bits per heavy atom. The van der Waals surface area contributed by atoms with Crippen LogP contribution in [-0.2, 0) is 6.54 Å². The summed E-state index contributed by atoms with van der Waals surface area (Å²) in [4.78, 5) is 4.34. The largest absolute Gasteiger partial charge is 0.378 e. The zero-order valence-corrected chi connectivity index (χ0v) is 12.0. The second-order valence-electron chi connectivity index (χ2n) is 4.29. The molecule has 0 radical (unpaired) electrons. The summed E-state index contributed by atoms with van der Waals surface area (Å²) in [6.45, 7) is 0.603. The molecule has 3 nitrogen and oxygen atoms in total. The Bertz CT molecular complexity index is 804. The van der Waals surface area contributed by atoms with Crippen LogP contribution in [0.4, 0.5) is 5.69 Å². The SMILES string of the molecule is N#Cc1cccc(CNc2c(Cl)ccc3scnc23)c1. The highest BCUT2D eigenvalue weighted by Crippen LogP contribution is 2.32. The molecule has 3 rings (SSSR count). The summed E-state index contributed by atoms with van der Waals surface area (Å²) in [5, 5.41) is 12.9. The number of fused-ring (bicyclic) bond motifs is 1. The fraction of sp³-hybridized carbons (Fsp3) is 0.0667. The van der Waals surface area contributed by atoms with Crippen molar-refractivity contribution in [2.45, 2.75) is 6.54 Å². The molecule has 0 spiro atoms. The molecule has 0 unspecified atom stereocenters. The van der Waals surface area contributed by atoms with Crippen LogP contribution in [0.5, 0.6) is 0 Å². The van der Waals surface area contributed by atoms with Crippen molar-refractivity contribution in [2.75, 3.05) is 5.32 Å². The van der Waals surface area contributed by atoms with E-state index >= 15 is 0 Å². The number of hydrogen-bond acceptors (Lipinski definition) is 4. The lowest BCUT2D eigenvalue weighted by Gasteiger charge is -2.09. The molecule has 0 aliphatic carbocycles. The summed E-state index contributed by atoms with van der Waals surface area (Å²) in [6.07, 6.45) is 0. The third-order valence-corrected chi connectivity index (χ3v) is 4.09. The van der Waals surface area contributed by atoms with Gasteiger partial charge in [-0.2, -0.15) is 5.26 Å². The fourth-order valence-corrected chi connectivity index (χ4v) is 2.92. The first-order chi connectivity index (χ1) is 9.78. The van der Waals surface area contributed by atoms with E-state index in [-0.39, 0.29) is 0 Å². The topological polar surface area (TPSA) is 48.7 Å². The Hall–Kier alpha value is -2.09. The molecule has 0 fully saturated rings. The van der Waals surface area contributed by atoms with Crippen LogP contribution in [0.15, 0.2) is 41.9 Å². The molecule has 98 valence electrons. The maximum Gasteiger partial charge on any atom is 0.106 e. The number of benzene rings is 2. The summed E-state index contributed by atoms with van der Waals surface area (Å²) in [6, 6.07) is 13.5. The number of anilines is 1. The van der Waals surface area contributed by atoms with E-state index in [0.29, 0.717) is 17.1 Å². The minimum atomic E-state index is 0.603. The standard InChI is InChI=1S/C15H10ClN3S/c16-12-4-5-13-15(19-9-20-13)14(12)18-8-11-3-1-2-10(6-11)7-17/h1-6,9,18H,8H2. The summed E-state index contributed by atoms with van der Waals surface area (Å²) in [5.74, 6) is 0. The molecule has 0 aliphatic rings. The molecule has 5 heteroatoms. The van der Waals surface area contributed by atoms with Crippen LogP contribution >= 0.6 is 22.9 Å². The second-order valence-corrected chi connectivity index (χ2v) is 5.58. The normalized spacial score (nSPS) is 10.4. The van der Waals surface area contributed by atoms with Crippen LogP contribution in [0.1, 0.15) is 11.1 Å². The van der Waals surface area contributed by atoms with Crippen LogP contribution in [0.25, 0.3) is 10.2 Å². The monoisotopic (exact) mass is 299 g/mol. The third kappa shape index (κ3) is 2.46. The molecular formula is C15H10ClN3S. The van der Waals surface area contributed by atoms with Gasteiger partial charge in [-0.25, -0.2) is 4.98 Å². The van der Waals surface area contributed by atoms with Gasteiger partial charge in [-0.05, 0) is 29.8 Å². The van der Waals surface area contributed by atoms with Gasteiger partial charge < -0.3 is 5.32 Å². The number of nitrogens with one attached hydrogen (secondary N) is 1. The molecule has 0 saturated carbocycles. The second kappa shape index (κ2) is 5.49. The van der Waals surface area contributed by atoms with Gasteiger partial charge in [0.05, 0.1) is 32.6 Å². The van der Waals surface area contributed by atoms with Gasteiger partial charge in [0.1, 0.15) is 5.52 Å². The Balaban J connectivity index is 1.88. The van der Waals surface area contributed by atoms with Crippen molar-refractivity contribution in [3.8, 4) is 6.07 Å². The number of rotatable bonds is 3. The van der Waals surface area contributed by atoms with Crippen LogP contribution in [0.3, 0.4) is 0 Å². The molecule has 0 amide bonds. The van der Waals surface area contributed by atoms with E-state index in [1.807, 2.05) is 35.8 Å². The van der Waals surface area contributed by atoms with Gasteiger partial charge in [0.25, 0.3) is 0 Å². The van der Waals surface area contributed by atoms with E-state index in [2.05, 4.69) is 16.4 Å². The minimum absolute atomic E-state index is 0.603. The fourth-order valence-electron chi connectivity index (χ4n) is 2.02. The van der Waals surface area contributed by atoms with Gasteiger partial charge >= 0.3 is 0 Å². The Morgan fingerprint density at radius 3 is 3.05 bits per heavy atom. The summed E-state index contributed by atoms with van der Waals surface area (Å²) in [7, 11) is 0. The molecule has 0 bridgehead atoms. The average molecular weight is 300 g/mol. The smallest absolute Gasteiger partial charge is 0.106 e. The number of nitrogens with zero attached hydrogens (tertiary/aromatic N) is 2. The van der Waals surface area contributed by atoms with E-state index < -0.39 is 0 Å². The quantitative estimate of drug-likeness (QED) is 0.778. The molecular weight excluding hydrogens is 290 g/mol. The van der Waals surface area contributed by atoms with Gasteiger partial charge in [-0.15, -0.1) is 11.3 Å². The number of halogens is 1. The first-order valence-electron chi connectivity index (χ1n) is 6.02. The van der Waals surface area contributed by atoms with Crippen LogP contribution in [0.2, 0.25) is 5.02 Å². The predicted octanol–water partition coefficient (Wildman–Crippen LogP) is 4.43. The first kappa shape index (κ1) is 12.9. The van der Waals surface area contributed by atoms with Gasteiger partial charge in [-0.1, -0.05) is 23.7 Å². The van der Waals surface area contributed by atoms with E-state index in [4.69, 9.17) is 16.9 Å². The third-order valence-electron chi connectivity index (χ3n) is 2.98. The van der Waals surface area contributed by atoms with Crippen LogP contribution in [-0.4, -0.2) is 4.98 Å². The van der Waals surface area contributed by atoms with Gasteiger partial charge in [-0.3, -0.25) is 0 Å². The molecule has 0 atom stereocenters. The number of hydrogen-bond donors (Lipinski definition) is 1. The predicted molar refractivity (Wildman–Crippen MR) is 83.1 cm³/mol. The maximum atomic E-state index is 8.90. The van der Waals surface area contributed by atoms with Crippen molar-refractivity contribution < 1.29 is 0 Å². The van der Waals surface area contributed by atoms with E-state index in [1.165, 1.54) is 0 Å². The zero-order valence-electron chi connectivity index (χ0n) is 10.4. The van der Waals surface area contributed by atoms with E-state index in [1.54, 1.807) is 17.4 Å². The Labute approximate surface area is 125 Å². The van der Waals surface area contributed by atoms with E-state index in [0.717, 1.165) is 21.5 Å². The van der Waals surface area contributed by atoms with Crippen molar-refractivity contribution in [3.05, 3.63) is 58.1 Å². The molecule has 1 heterocycles. The molecule has 0 saturated heterocycles. The minimum Gasteiger partial charge on any atom is -0.378 e. The molecule has 0 aliphatic heterocycles. The summed E-state index contributed by atoms with van der Waals surface area (Å²) < 4.78 is 1.10. The molecule has 2 aromatic carbocycles. The van der Waals surface area contributed by atoms with Gasteiger partial charge in [0.2, 0.25) is 0 Å². The maximum absolute atomic E-state index is 8.90. The van der Waals surface area contributed by atoms with Crippen molar-refractivity contribution in [1.29, 1.82) is 5.26 Å². The zero-order chi connectivity index (χ0) is 13.9. The highest BCUT2D eigenvalue weighted by molar-refractivity contribution is 7.16. The van der Waals surface area contributed by atoms with Crippen molar-refractivity contribution in [2.24, 2.45) is 0 Å². The highest BCUT2D eigenvalue weighted by atomic mass is 35.5. The van der Waals surface area contributed by atoms with Crippen LogP contribution in [0, 0.1) is 11.3 Å². The molecule has 1 aromatic heterocycles. The highest BCUT2D eigenvalue weighted by Gasteiger charge is 2.08. The van der Waals surface area contributed by atoms with Crippen molar-refractivity contribution in [1.82, 2.24) is 4.98 Å². The average Bonchev–Trinajstić information content (AvgIpc) is 2.95. The van der Waals surface area contributed by atoms with Crippen molar-refractivity contribution in [3.63, 3.8) is 0 Å². The summed E-state index contributed by atoms with van der Waals surface area (Å²) >= 11 is 7.82. The number of nitriles is 1. The molecule has 1 N–H and O–H groups in total. The van der Waals surface area contributed by atoms with Gasteiger partial charge in [0, 0.05) is 6.54 Å². The lowest BCUT2D eigenvalue weighted by molar-refractivity contribution is 1.15. The lowest BCUT2D eigenvalue weighted by atomic mass is 10.1.